The minimum absolute atomic E-state index is 0.295. The summed E-state index contributed by atoms with van der Waals surface area (Å²) in [6.07, 6.45) is 5.88. The van der Waals surface area contributed by atoms with Crippen LogP contribution in [0.3, 0.4) is 0 Å². The number of rotatable bonds is 9. The van der Waals surface area contributed by atoms with Crippen molar-refractivity contribution in [2.24, 2.45) is 10.4 Å². The highest BCUT2D eigenvalue weighted by molar-refractivity contribution is 7.92. The first-order valence-corrected chi connectivity index (χ1v) is 10.8. The molecule has 0 amide bonds. The molecule has 0 bridgehead atoms. The molecule has 1 aromatic carbocycles. The molecule has 7 nitrogen and oxygen atoms in total. The molecule has 0 spiro atoms. The second-order valence-corrected chi connectivity index (χ2v) is 8.66. The standard InChI is InChI=1S/C18H30N4O3S/c1-19-17(21-14-18(9-6-10-18)11-12-25-2)20-13-15-7-4-5-8-16(15)22-26(3,23)24/h4-5,7-8,22H,6,9-14H2,1-3H3,(H2,19,20,21). The van der Waals surface area contributed by atoms with Crippen LogP contribution in [0.1, 0.15) is 31.2 Å². The number of sulfonamides is 1. The SMILES string of the molecule is CN=C(NCc1ccccc1NS(C)(=O)=O)NCC1(CCOC)CCC1. The summed E-state index contributed by atoms with van der Waals surface area (Å²) in [5.74, 6) is 0.711. The van der Waals surface area contributed by atoms with E-state index in [1.807, 2.05) is 12.1 Å². The number of ether oxygens (including phenoxy) is 1. The Labute approximate surface area is 156 Å². The molecule has 0 saturated heterocycles. The Morgan fingerprint density at radius 3 is 2.58 bits per heavy atom. The van der Waals surface area contributed by atoms with Gasteiger partial charge < -0.3 is 15.4 Å². The van der Waals surface area contributed by atoms with Crippen molar-refractivity contribution in [1.29, 1.82) is 0 Å². The molecule has 8 heteroatoms. The number of hydrogen-bond donors (Lipinski definition) is 3. The van der Waals surface area contributed by atoms with Gasteiger partial charge in [0.1, 0.15) is 0 Å². The average molecular weight is 383 g/mol. The first kappa shape index (κ1) is 20.5. The van der Waals surface area contributed by atoms with Gasteiger partial charge in [-0.25, -0.2) is 8.42 Å². The fourth-order valence-electron chi connectivity index (χ4n) is 3.16. The number of nitrogens with one attached hydrogen (secondary N) is 3. The number of hydrogen-bond acceptors (Lipinski definition) is 4. The van der Waals surface area contributed by atoms with E-state index >= 15 is 0 Å². The molecule has 0 atom stereocenters. The third-order valence-electron chi connectivity index (χ3n) is 4.86. The normalized spacial score (nSPS) is 16.7. The average Bonchev–Trinajstić information content (AvgIpc) is 2.56. The molecule has 26 heavy (non-hydrogen) atoms. The van der Waals surface area contributed by atoms with Crippen LogP contribution in [0, 0.1) is 5.41 Å². The third kappa shape index (κ3) is 6.17. The molecule has 0 aromatic heterocycles. The second-order valence-electron chi connectivity index (χ2n) is 6.91. The molecule has 3 N–H and O–H groups in total. The summed E-state index contributed by atoms with van der Waals surface area (Å²) in [4.78, 5) is 4.27. The molecule has 0 radical (unpaired) electrons. The lowest BCUT2D eigenvalue weighted by Crippen LogP contribution is -2.46. The predicted molar refractivity (Wildman–Crippen MR) is 106 cm³/mol. The fraction of sp³-hybridized carbons (Fsp3) is 0.611. The van der Waals surface area contributed by atoms with Gasteiger partial charge in [0.25, 0.3) is 0 Å². The van der Waals surface area contributed by atoms with E-state index in [0.717, 1.165) is 31.4 Å². The van der Waals surface area contributed by atoms with Crippen molar-refractivity contribution < 1.29 is 13.2 Å². The molecule has 0 unspecified atom stereocenters. The maximum Gasteiger partial charge on any atom is 0.229 e. The number of guanidine groups is 1. The number of nitrogens with zero attached hydrogens (tertiary/aromatic N) is 1. The lowest BCUT2D eigenvalue weighted by Gasteiger charge is -2.42. The fourth-order valence-corrected chi connectivity index (χ4v) is 3.75. The van der Waals surface area contributed by atoms with Crippen molar-refractivity contribution in [2.75, 3.05) is 38.3 Å². The van der Waals surface area contributed by atoms with Gasteiger partial charge in [0.15, 0.2) is 5.96 Å². The Hall–Kier alpha value is -1.80. The summed E-state index contributed by atoms with van der Waals surface area (Å²) in [5, 5.41) is 6.67. The van der Waals surface area contributed by atoms with Crippen molar-refractivity contribution in [3.8, 4) is 0 Å². The predicted octanol–water partition coefficient (Wildman–Crippen LogP) is 1.93. The van der Waals surface area contributed by atoms with Crippen LogP contribution in [-0.4, -0.2) is 47.9 Å². The minimum Gasteiger partial charge on any atom is -0.385 e. The van der Waals surface area contributed by atoms with Crippen molar-refractivity contribution in [3.05, 3.63) is 29.8 Å². The van der Waals surface area contributed by atoms with Crippen molar-refractivity contribution >= 4 is 21.7 Å². The third-order valence-corrected chi connectivity index (χ3v) is 5.45. The topological polar surface area (TPSA) is 91.8 Å². The highest BCUT2D eigenvalue weighted by Crippen LogP contribution is 2.43. The van der Waals surface area contributed by atoms with E-state index in [0.29, 0.717) is 23.6 Å². The highest BCUT2D eigenvalue weighted by Gasteiger charge is 2.36. The molecule has 1 aliphatic carbocycles. The van der Waals surface area contributed by atoms with Gasteiger partial charge in [-0.2, -0.15) is 0 Å². The van der Waals surface area contributed by atoms with E-state index in [9.17, 15) is 8.42 Å². The van der Waals surface area contributed by atoms with E-state index < -0.39 is 10.0 Å². The van der Waals surface area contributed by atoms with Gasteiger partial charge in [0.2, 0.25) is 10.0 Å². The smallest absolute Gasteiger partial charge is 0.229 e. The molecule has 1 fully saturated rings. The van der Waals surface area contributed by atoms with Gasteiger partial charge in [-0.1, -0.05) is 24.6 Å². The van der Waals surface area contributed by atoms with Crippen LogP contribution >= 0.6 is 0 Å². The van der Waals surface area contributed by atoms with Gasteiger partial charge >= 0.3 is 0 Å². The van der Waals surface area contributed by atoms with E-state index in [4.69, 9.17) is 4.74 Å². The van der Waals surface area contributed by atoms with Gasteiger partial charge in [0.05, 0.1) is 11.9 Å². The van der Waals surface area contributed by atoms with Crippen LogP contribution in [-0.2, 0) is 21.3 Å². The number of methoxy groups -OCH3 is 1. The Bertz CT molecular complexity index is 715. The van der Waals surface area contributed by atoms with Crippen LogP contribution in [0.4, 0.5) is 5.69 Å². The Morgan fingerprint density at radius 1 is 1.27 bits per heavy atom. The second kappa shape index (κ2) is 9.23. The quantitative estimate of drug-likeness (QED) is 0.448. The van der Waals surface area contributed by atoms with Crippen molar-refractivity contribution in [1.82, 2.24) is 10.6 Å². The van der Waals surface area contributed by atoms with E-state index in [1.54, 1.807) is 26.3 Å². The first-order valence-electron chi connectivity index (χ1n) is 8.87. The van der Waals surface area contributed by atoms with Crippen LogP contribution in [0.25, 0.3) is 0 Å². The molecular formula is C18H30N4O3S. The van der Waals surface area contributed by atoms with Crippen LogP contribution in [0.2, 0.25) is 0 Å². The monoisotopic (exact) mass is 382 g/mol. The summed E-state index contributed by atoms with van der Waals surface area (Å²) < 4.78 is 30.8. The molecular weight excluding hydrogens is 352 g/mol. The summed E-state index contributed by atoms with van der Waals surface area (Å²) >= 11 is 0. The molecule has 0 aliphatic heterocycles. The van der Waals surface area contributed by atoms with Gasteiger partial charge in [-0.3, -0.25) is 9.71 Å². The number of para-hydroxylation sites is 1. The van der Waals surface area contributed by atoms with Gasteiger partial charge in [0, 0.05) is 33.9 Å². The van der Waals surface area contributed by atoms with Crippen LogP contribution in [0.15, 0.2) is 29.3 Å². The molecule has 0 heterocycles. The molecule has 146 valence electrons. The van der Waals surface area contributed by atoms with Crippen LogP contribution in [0.5, 0.6) is 0 Å². The zero-order valence-electron chi connectivity index (χ0n) is 15.8. The lowest BCUT2D eigenvalue weighted by molar-refractivity contribution is 0.0732. The largest absolute Gasteiger partial charge is 0.385 e. The molecule has 1 aromatic rings. The zero-order chi connectivity index (χ0) is 19.0. The van der Waals surface area contributed by atoms with E-state index in [1.165, 1.54) is 19.3 Å². The van der Waals surface area contributed by atoms with Gasteiger partial charge in [-0.05, 0) is 36.3 Å². The zero-order valence-corrected chi connectivity index (χ0v) is 16.7. The Balaban J connectivity index is 1.91. The molecule has 1 aliphatic rings. The number of benzene rings is 1. The maximum atomic E-state index is 11.5. The van der Waals surface area contributed by atoms with Crippen molar-refractivity contribution in [3.63, 3.8) is 0 Å². The summed E-state index contributed by atoms with van der Waals surface area (Å²) in [5.41, 5.74) is 1.73. The lowest BCUT2D eigenvalue weighted by atomic mass is 9.67. The van der Waals surface area contributed by atoms with Crippen LogP contribution < -0.4 is 15.4 Å². The number of aliphatic imine (C=N–C) groups is 1. The maximum absolute atomic E-state index is 11.5. The molecule has 2 rings (SSSR count). The highest BCUT2D eigenvalue weighted by atomic mass is 32.2. The summed E-state index contributed by atoms with van der Waals surface area (Å²) in [7, 11) is 0.160. The minimum atomic E-state index is -3.31. The first-order chi connectivity index (χ1) is 12.4. The summed E-state index contributed by atoms with van der Waals surface area (Å²) in [6.45, 7) is 2.11. The van der Waals surface area contributed by atoms with E-state index in [2.05, 4.69) is 20.3 Å². The Morgan fingerprint density at radius 2 is 2.00 bits per heavy atom. The number of anilines is 1. The van der Waals surface area contributed by atoms with E-state index in [-0.39, 0.29) is 0 Å². The van der Waals surface area contributed by atoms with Gasteiger partial charge in [-0.15, -0.1) is 0 Å². The molecule has 1 saturated carbocycles. The summed E-state index contributed by atoms with van der Waals surface area (Å²) in [6, 6.07) is 7.33. The Kier molecular flexibility index (Phi) is 7.28. The van der Waals surface area contributed by atoms with Crippen molar-refractivity contribution in [2.45, 2.75) is 32.2 Å².